The van der Waals surface area contributed by atoms with Crippen molar-refractivity contribution >= 4 is 42.7 Å². The zero-order valence-corrected chi connectivity index (χ0v) is 17.2. The number of fused-ring (bicyclic) bond motifs is 1. The van der Waals surface area contributed by atoms with Crippen LogP contribution in [0.3, 0.4) is 0 Å². The third-order valence-corrected chi connectivity index (χ3v) is 7.97. The Morgan fingerprint density at radius 1 is 1.21 bits per heavy atom. The highest BCUT2D eigenvalue weighted by Crippen LogP contribution is 2.29. The molecule has 1 aliphatic rings. The van der Waals surface area contributed by atoms with Crippen LogP contribution in [0.4, 0.5) is 9.93 Å². The van der Waals surface area contributed by atoms with Crippen molar-refractivity contribution in [1.82, 2.24) is 19.9 Å². The highest BCUT2D eigenvalue weighted by Gasteiger charge is 2.32. The first kappa shape index (κ1) is 19.5. The van der Waals surface area contributed by atoms with Crippen molar-refractivity contribution in [2.75, 3.05) is 25.5 Å². The number of rotatable bonds is 4. The maximum Gasteiger partial charge on any atom is 0.323 e. The van der Waals surface area contributed by atoms with Gasteiger partial charge < -0.3 is 9.64 Å². The maximum absolute atomic E-state index is 12.8. The summed E-state index contributed by atoms with van der Waals surface area (Å²) >= 11 is 1.22. The summed E-state index contributed by atoms with van der Waals surface area (Å²) in [5, 5.41) is 2.66. The van der Waals surface area contributed by atoms with E-state index in [1.54, 1.807) is 35.2 Å². The fourth-order valence-corrected chi connectivity index (χ4v) is 5.82. The predicted molar refractivity (Wildman–Crippen MR) is 109 cm³/mol. The minimum Gasteiger partial charge on any atom is -0.479 e. The van der Waals surface area contributed by atoms with E-state index in [-0.39, 0.29) is 6.03 Å². The second kappa shape index (κ2) is 7.91. The molecule has 29 heavy (non-hydrogen) atoms. The Morgan fingerprint density at radius 2 is 1.93 bits per heavy atom. The number of aromatic nitrogens is 3. The maximum atomic E-state index is 12.8. The van der Waals surface area contributed by atoms with E-state index in [1.165, 1.54) is 24.8 Å². The first-order chi connectivity index (χ1) is 14.0. The van der Waals surface area contributed by atoms with E-state index in [9.17, 15) is 13.2 Å². The van der Waals surface area contributed by atoms with Crippen molar-refractivity contribution in [3.05, 3.63) is 36.7 Å². The Bertz CT molecular complexity index is 1130. The quantitative estimate of drug-likeness (QED) is 0.672. The number of ether oxygens (including phenoxy) is 1. The molecule has 4 rings (SSSR count). The van der Waals surface area contributed by atoms with Gasteiger partial charge in [-0.05, 0) is 25.0 Å². The van der Waals surface area contributed by atoms with Gasteiger partial charge in [0.25, 0.3) is 0 Å². The molecule has 9 nitrogen and oxygen atoms in total. The number of urea groups is 1. The lowest BCUT2D eigenvalue weighted by Gasteiger charge is -2.31. The highest BCUT2D eigenvalue weighted by atomic mass is 32.2. The van der Waals surface area contributed by atoms with Crippen LogP contribution in [-0.2, 0) is 9.84 Å². The molecule has 0 atom stereocenters. The molecule has 0 spiro atoms. The minimum absolute atomic E-state index is 0.313. The summed E-state index contributed by atoms with van der Waals surface area (Å²) in [6.45, 7) is 0.715. The molecule has 0 unspecified atom stereocenters. The highest BCUT2D eigenvalue weighted by molar-refractivity contribution is 7.92. The van der Waals surface area contributed by atoms with Gasteiger partial charge in [-0.25, -0.2) is 23.2 Å². The summed E-state index contributed by atoms with van der Waals surface area (Å²) in [6, 6.07) is 8.12. The molecule has 0 saturated carbocycles. The summed E-state index contributed by atoms with van der Waals surface area (Å²) in [5.74, 6) is 0.346. The van der Waals surface area contributed by atoms with Gasteiger partial charge in [0, 0.05) is 13.1 Å². The molecule has 0 radical (unpaired) electrons. The zero-order chi connectivity index (χ0) is 20.4. The average Bonchev–Trinajstić information content (AvgIpc) is 3.17. The number of carbonyl (C=O) groups is 1. The fourth-order valence-electron chi connectivity index (χ4n) is 3.28. The van der Waals surface area contributed by atoms with E-state index in [0.717, 1.165) is 0 Å². The number of benzene rings is 1. The van der Waals surface area contributed by atoms with Crippen molar-refractivity contribution < 1.29 is 17.9 Å². The predicted octanol–water partition coefficient (Wildman–Crippen LogP) is 2.57. The summed E-state index contributed by atoms with van der Waals surface area (Å²) in [6.07, 6.45) is 2.16. The first-order valence-corrected chi connectivity index (χ1v) is 11.4. The number of methoxy groups -OCH3 is 1. The molecule has 3 heterocycles. The molecule has 1 aromatic carbocycles. The van der Waals surface area contributed by atoms with Gasteiger partial charge in [-0.2, -0.15) is 4.98 Å². The number of hydrogen-bond donors (Lipinski definition) is 1. The average molecular weight is 434 g/mol. The van der Waals surface area contributed by atoms with Gasteiger partial charge in [0.05, 0.1) is 17.3 Å². The van der Waals surface area contributed by atoms with Gasteiger partial charge >= 0.3 is 6.03 Å². The molecular weight excluding hydrogens is 414 g/mol. The second-order valence-corrected chi connectivity index (χ2v) is 9.74. The van der Waals surface area contributed by atoms with Crippen LogP contribution in [0.5, 0.6) is 5.88 Å². The number of carbonyl (C=O) groups excluding carboxylic acids is 1. The standard InChI is InChI=1S/C18H19N5O4S2/c1-27-15-14-16(20-11-19-15)28-17(21-14)22-18(24)23-9-7-13(8-10-23)29(25,26)12-5-3-2-4-6-12/h2-6,11,13H,7-10H2,1H3,(H,21,22,24). The summed E-state index contributed by atoms with van der Waals surface area (Å²) in [7, 11) is -1.90. The minimum atomic E-state index is -3.39. The molecule has 11 heteroatoms. The molecule has 1 aliphatic heterocycles. The lowest BCUT2D eigenvalue weighted by Crippen LogP contribution is -2.44. The van der Waals surface area contributed by atoms with Crippen LogP contribution in [0.1, 0.15) is 12.8 Å². The lowest BCUT2D eigenvalue weighted by atomic mass is 10.1. The molecule has 0 aliphatic carbocycles. The molecule has 2 amide bonds. The molecule has 1 N–H and O–H groups in total. The third kappa shape index (κ3) is 3.87. The van der Waals surface area contributed by atoms with Crippen LogP contribution >= 0.6 is 11.3 Å². The number of thiazole rings is 1. The number of anilines is 1. The number of amides is 2. The lowest BCUT2D eigenvalue weighted by molar-refractivity contribution is 0.200. The third-order valence-electron chi connectivity index (χ3n) is 4.81. The van der Waals surface area contributed by atoms with Gasteiger partial charge in [0.2, 0.25) is 5.88 Å². The van der Waals surface area contributed by atoms with Crippen molar-refractivity contribution in [1.29, 1.82) is 0 Å². The van der Waals surface area contributed by atoms with Gasteiger partial charge in [-0.15, -0.1) is 0 Å². The number of nitrogens with zero attached hydrogens (tertiary/aromatic N) is 4. The van der Waals surface area contributed by atoms with E-state index >= 15 is 0 Å². The van der Waals surface area contributed by atoms with Crippen LogP contribution in [0, 0.1) is 0 Å². The second-order valence-electron chi connectivity index (χ2n) is 6.53. The molecule has 2 aromatic heterocycles. The summed E-state index contributed by atoms with van der Waals surface area (Å²) in [4.78, 5) is 27.6. The van der Waals surface area contributed by atoms with Gasteiger partial charge in [0.1, 0.15) is 6.33 Å². The van der Waals surface area contributed by atoms with E-state index in [1.807, 2.05) is 0 Å². The van der Waals surface area contributed by atoms with Crippen LogP contribution in [0.2, 0.25) is 0 Å². The molecule has 1 saturated heterocycles. The Labute approximate surface area is 171 Å². The van der Waals surface area contributed by atoms with E-state index in [4.69, 9.17) is 4.74 Å². The van der Waals surface area contributed by atoms with Crippen molar-refractivity contribution in [2.24, 2.45) is 0 Å². The molecule has 0 bridgehead atoms. The largest absolute Gasteiger partial charge is 0.479 e. The Morgan fingerprint density at radius 3 is 2.62 bits per heavy atom. The van der Waals surface area contributed by atoms with Crippen LogP contribution in [0.25, 0.3) is 10.3 Å². The van der Waals surface area contributed by atoms with Gasteiger partial charge in [-0.1, -0.05) is 29.5 Å². The molecule has 152 valence electrons. The monoisotopic (exact) mass is 433 g/mol. The molecule has 3 aromatic rings. The van der Waals surface area contributed by atoms with Crippen molar-refractivity contribution in [2.45, 2.75) is 23.0 Å². The normalized spacial score (nSPS) is 15.4. The number of likely N-dealkylation sites (tertiary alicyclic amines) is 1. The Hall–Kier alpha value is -2.79. The topological polar surface area (TPSA) is 114 Å². The van der Waals surface area contributed by atoms with Crippen molar-refractivity contribution in [3.63, 3.8) is 0 Å². The van der Waals surface area contributed by atoms with Crippen LogP contribution < -0.4 is 10.1 Å². The molecule has 1 fully saturated rings. The number of nitrogens with one attached hydrogen (secondary N) is 1. The number of piperidine rings is 1. The van der Waals surface area contributed by atoms with E-state index in [0.29, 0.717) is 52.2 Å². The van der Waals surface area contributed by atoms with Gasteiger partial charge in [-0.3, -0.25) is 5.32 Å². The van der Waals surface area contributed by atoms with E-state index in [2.05, 4.69) is 20.3 Å². The Balaban J connectivity index is 1.41. The zero-order valence-electron chi connectivity index (χ0n) is 15.6. The van der Waals surface area contributed by atoms with E-state index < -0.39 is 15.1 Å². The van der Waals surface area contributed by atoms with Crippen molar-refractivity contribution in [3.8, 4) is 5.88 Å². The van der Waals surface area contributed by atoms with Crippen LogP contribution in [-0.4, -0.2) is 59.8 Å². The van der Waals surface area contributed by atoms with Gasteiger partial charge in [0.15, 0.2) is 25.3 Å². The Kier molecular flexibility index (Phi) is 5.33. The summed E-state index contributed by atoms with van der Waals surface area (Å²) < 4.78 is 30.7. The SMILES string of the molecule is COc1ncnc2sc(NC(=O)N3CCC(S(=O)(=O)c4ccccc4)CC3)nc12. The molecular formula is C18H19N5O4S2. The first-order valence-electron chi connectivity index (χ1n) is 8.99. The number of sulfone groups is 1. The smallest absolute Gasteiger partial charge is 0.323 e. The number of hydrogen-bond acceptors (Lipinski definition) is 8. The fraction of sp³-hybridized carbons (Fsp3) is 0.333. The summed E-state index contributed by atoms with van der Waals surface area (Å²) in [5.41, 5.74) is 0.489. The van der Waals surface area contributed by atoms with Crippen LogP contribution in [0.15, 0.2) is 41.6 Å².